The van der Waals surface area contributed by atoms with E-state index in [0.29, 0.717) is 12.2 Å². The van der Waals surface area contributed by atoms with Crippen LogP contribution in [0.25, 0.3) is 0 Å². The Bertz CT molecular complexity index is 492. The molecule has 2 unspecified atom stereocenters. The number of aliphatic carboxylic acids is 1. The van der Waals surface area contributed by atoms with Gasteiger partial charge in [-0.2, -0.15) is 5.26 Å². The zero-order valence-corrected chi connectivity index (χ0v) is 11.5. The summed E-state index contributed by atoms with van der Waals surface area (Å²) < 4.78 is 5.18. The van der Waals surface area contributed by atoms with Gasteiger partial charge in [-0.1, -0.05) is 19.1 Å². The first kappa shape index (κ1) is 15.0. The Kier molecular flexibility index (Phi) is 4.94. The fraction of sp³-hybridized carbons (Fsp3) is 0.467. The van der Waals surface area contributed by atoms with E-state index in [1.165, 1.54) is 0 Å². The van der Waals surface area contributed by atoms with E-state index < -0.39 is 11.4 Å². The number of hydrogen-bond acceptors (Lipinski definition) is 3. The summed E-state index contributed by atoms with van der Waals surface area (Å²) in [6.07, 6.45) is 0.531. The largest absolute Gasteiger partial charge is 0.497 e. The maximum Gasteiger partial charge on any atom is 0.304 e. The monoisotopic (exact) mass is 261 g/mol. The molecule has 1 rings (SSSR count). The van der Waals surface area contributed by atoms with Crippen LogP contribution in [0.15, 0.2) is 24.3 Å². The van der Waals surface area contributed by atoms with E-state index in [2.05, 4.69) is 6.07 Å². The Morgan fingerprint density at radius 3 is 2.74 bits per heavy atom. The van der Waals surface area contributed by atoms with Gasteiger partial charge in [0.25, 0.3) is 0 Å². The summed E-state index contributed by atoms with van der Waals surface area (Å²) in [5.74, 6) is -0.374. The van der Waals surface area contributed by atoms with Crippen molar-refractivity contribution in [3.8, 4) is 11.8 Å². The van der Waals surface area contributed by atoms with Crippen LogP contribution in [0.5, 0.6) is 5.75 Å². The van der Waals surface area contributed by atoms with Gasteiger partial charge in [-0.15, -0.1) is 0 Å². The first-order valence-corrected chi connectivity index (χ1v) is 6.23. The molecule has 0 amide bonds. The SMILES string of the molecule is CCC(c1cccc(OC)c1)C(C)(C#N)CC(=O)O. The normalized spacial score (nSPS) is 15.1. The first-order chi connectivity index (χ1) is 8.96. The van der Waals surface area contributed by atoms with E-state index in [1.807, 2.05) is 31.2 Å². The molecule has 0 aliphatic rings. The van der Waals surface area contributed by atoms with E-state index in [4.69, 9.17) is 9.84 Å². The maximum atomic E-state index is 11.0. The number of benzene rings is 1. The van der Waals surface area contributed by atoms with E-state index in [1.54, 1.807) is 14.0 Å². The van der Waals surface area contributed by atoms with Gasteiger partial charge >= 0.3 is 5.97 Å². The molecule has 1 aromatic carbocycles. The minimum Gasteiger partial charge on any atom is -0.497 e. The van der Waals surface area contributed by atoms with E-state index in [9.17, 15) is 10.1 Å². The van der Waals surface area contributed by atoms with Crippen LogP contribution in [0.1, 0.15) is 38.2 Å². The summed E-state index contributed by atoms with van der Waals surface area (Å²) in [5, 5.41) is 18.4. The molecule has 2 atom stereocenters. The molecule has 0 heterocycles. The highest BCUT2D eigenvalue weighted by Gasteiger charge is 2.36. The van der Waals surface area contributed by atoms with Crippen LogP contribution >= 0.6 is 0 Å². The minimum atomic E-state index is -0.953. The number of ether oxygens (including phenoxy) is 1. The van der Waals surface area contributed by atoms with Gasteiger partial charge in [0.1, 0.15) is 5.75 Å². The number of nitrogens with zero attached hydrogens (tertiary/aromatic N) is 1. The van der Waals surface area contributed by atoms with Crippen molar-refractivity contribution in [2.45, 2.75) is 32.6 Å². The van der Waals surface area contributed by atoms with Crippen LogP contribution < -0.4 is 4.74 Å². The molecule has 0 saturated heterocycles. The fourth-order valence-electron chi connectivity index (χ4n) is 2.47. The van der Waals surface area contributed by atoms with E-state index >= 15 is 0 Å². The first-order valence-electron chi connectivity index (χ1n) is 6.23. The Morgan fingerprint density at radius 2 is 2.26 bits per heavy atom. The second-order valence-corrected chi connectivity index (χ2v) is 4.84. The summed E-state index contributed by atoms with van der Waals surface area (Å²) in [4.78, 5) is 11.0. The molecule has 1 aromatic rings. The summed E-state index contributed by atoms with van der Waals surface area (Å²) in [6.45, 7) is 3.66. The second kappa shape index (κ2) is 6.24. The smallest absolute Gasteiger partial charge is 0.304 e. The third kappa shape index (κ3) is 3.47. The predicted molar refractivity (Wildman–Crippen MR) is 72.0 cm³/mol. The van der Waals surface area contributed by atoms with Crippen molar-refractivity contribution in [3.63, 3.8) is 0 Å². The minimum absolute atomic E-state index is 0.135. The highest BCUT2D eigenvalue weighted by Crippen LogP contribution is 2.41. The van der Waals surface area contributed by atoms with Gasteiger partial charge in [0.15, 0.2) is 0 Å². The van der Waals surface area contributed by atoms with Gasteiger partial charge in [0.05, 0.1) is 25.0 Å². The van der Waals surface area contributed by atoms with Crippen molar-refractivity contribution in [3.05, 3.63) is 29.8 Å². The average Bonchev–Trinajstić information content (AvgIpc) is 2.39. The van der Waals surface area contributed by atoms with Gasteiger partial charge in [0.2, 0.25) is 0 Å². The molecule has 0 spiro atoms. The molecule has 4 nitrogen and oxygen atoms in total. The molecular formula is C15H19NO3. The number of methoxy groups -OCH3 is 1. The lowest BCUT2D eigenvalue weighted by atomic mass is 9.71. The highest BCUT2D eigenvalue weighted by molar-refractivity contribution is 5.68. The Morgan fingerprint density at radius 1 is 1.58 bits per heavy atom. The lowest BCUT2D eigenvalue weighted by Gasteiger charge is -2.30. The Hall–Kier alpha value is -2.02. The predicted octanol–water partition coefficient (Wildman–Crippen LogP) is 3.19. The number of carbonyl (C=O) groups is 1. The van der Waals surface area contributed by atoms with Crippen LogP contribution in [0.4, 0.5) is 0 Å². The van der Waals surface area contributed by atoms with Gasteiger partial charge < -0.3 is 9.84 Å². The number of hydrogen-bond donors (Lipinski definition) is 1. The van der Waals surface area contributed by atoms with Crippen LogP contribution in [-0.2, 0) is 4.79 Å². The van der Waals surface area contributed by atoms with Crippen LogP contribution in [0.2, 0.25) is 0 Å². The summed E-state index contributed by atoms with van der Waals surface area (Å²) in [6, 6.07) is 9.64. The van der Waals surface area contributed by atoms with E-state index in [0.717, 1.165) is 5.56 Å². The fourth-order valence-corrected chi connectivity index (χ4v) is 2.47. The number of nitriles is 1. The van der Waals surface area contributed by atoms with Crippen LogP contribution in [-0.4, -0.2) is 18.2 Å². The van der Waals surface area contributed by atoms with Gasteiger partial charge in [0, 0.05) is 5.92 Å². The molecular weight excluding hydrogens is 242 g/mol. The molecule has 0 aromatic heterocycles. The molecule has 0 aliphatic carbocycles. The van der Waals surface area contributed by atoms with Crippen molar-refractivity contribution in [1.82, 2.24) is 0 Å². The van der Waals surface area contributed by atoms with Gasteiger partial charge in [-0.05, 0) is 31.0 Å². The third-order valence-electron chi connectivity index (χ3n) is 3.45. The maximum absolute atomic E-state index is 11.0. The van der Waals surface area contributed by atoms with Gasteiger partial charge in [-0.3, -0.25) is 4.79 Å². The summed E-state index contributed by atoms with van der Waals surface area (Å²) in [7, 11) is 1.58. The molecule has 0 bridgehead atoms. The molecule has 0 radical (unpaired) electrons. The van der Waals surface area contributed by atoms with E-state index in [-0.39, 0.29) is 12.3 Å². The lowest BCUT2D eigenvalue weighted by molar-refractivity contribution is -0.139. The number of carboxylic acids is 1. The van der Waals surface area contributed by atoms with Crippen molar-refractivity contribution < 1.29 is 14.6 Å². The number of carboxylic acid groups (broad SMARTS) is 1. The van der Waals surface area contributed by atoms with Crippen molar-refractivity contribution in [1.29, 1.82) is 5.26 Å². The second-order valence-electron chi connectivity index (χ2n) is 4.84. The van der Waals surface area contributed by atoms with Crippen LogP contribution in [0.3, 0.4) is 0 Å². The molecule has 19 heavy (non-hydrogen) atoms. The van der Waals surface area contributed by atoms with Crippen molar-refractivity contribution in [2.75, 3.05) is 7.11 Å². The third-order valence-corrected chi connectivity index (χ3v) is 3.45. The zero-order valence-electron chi connectivity index (χ0n) is 11.5. The van der Waals surface area contributed by atoms with Crippen LogP contribution in [0, 0.1) is 16.7 Å². The molecule has 0 fully saturated rings. The average molecular weight is 261 g/mol. The molecule has 0 aliphatic heterocycles. The Labute approximate surface area is 113 Å². The summed E-state index contributed by atoms with van der Waals surface area (Å²) >= 11 is 0. The topological polar surface area (TPSA) is 70.3 Å². The van der Waals surface area contributed by atoms with Crippen molar-refractivity contribution in [2.24, 2.45) is 5.41 Å². The Balaban J connectivity index is 3.17. The lowest BCUT2D eigenvalue weighted by Crippen LogP contribution is -2.27. The zero-order chi connectivity index (χ0) is 14.5. The quantitative estimate of drug-likeness (QED) is 0.853. The molecule has 4 heteroatoms. The number of rotatable bonds is 6. The standard InChI is InChI=1S/C15H19NO3/c1-4-13(15(2,10-16)9-14(17)18)11-6-5-7-12(8-11)19-3/h5-8,13H,4,9H2,1-3H3,(H,17,18). The van der Waals surface area contributed by atoms with Crippen molar-refractivity contribution >= 4 is 5.97 Å². The molecule has 0 saturated carbocycles. The van der Waals surface area contributed by atoms with Gasteiger partial charge in [-0.25, -0.2) is 0 Å². The molecule has 102 valence electrons. The summed E-state index contributed by atoms with van der Waals surface area (Å²) in [5.41, 5.74) is 0.0135. The highest BCUT2D eigenvalue weighted by atomic mass is 16.5. The molecule has 1 N–H and O–H groups in total.